The zero-order chi connectivity index (χ0) is 17.1. The van der Waals surface area contributed by atoms with Crippen LogP contribution < -0.4 is 10.1 Å². The zero-order valence-corrected chi connectivity index (χ0v) is 14.0. The van der Waals surface area contributed by atoms with E-state index in [1.807, 2.05) is 30.5 Å². The van der Waals surface area contributed by atoms with Crippen LogP contribution in [0, 0.1) is 0 Å². The van der Waals surface area contributed by atoms with Gasteiger partial charge in [-0.2, -0.15) is 5.10 Å². The molecule has 4 rings (SSSR count). The third kappa shape index (κ3) is 3.19. The monoisotopic (exact) mass is 329 g/mol. The van der Waals surface area contributed by atoms with Gasteiger partial charge in [-0.15, -0.1) is 0 Å². The number of benzene rings is 3. The van der Waals surface area contributed by atoms with Gasteiger partial charge in [0.2, 0.25) is 0 Å². The Morgan fingerprint density at radius 1 is 0.960 bits per heavy atom. The predicted molar refractivity (Wildman–Crippen MR) is 102 cm³/mol. The number of H-pyrrole nitrogens is 1. The molecule has 4 nitrogen and oxygen atoms in total. The highest BCUT2D eigenvalue weighted by Gasteiger charge is 2.08. The van der Waals surface area contributed by atoms with Crippen LogP contribution in [0.5, 0.6) is 5.75 Å². The highest BCUT2D eigenvalue weighted by Crippen LogP contribution is 2.25. The molecule has 0 bridgehead atoms. The third-order valence-corrected chi connectivity index (χ3v) is 4.33. The van der Waals surface area contributed by atoms with Crippen molar-refractivity contribution in [2.45, 2.75) is 6.54 Å². The second-order valence-corrected chi connectivity index (χ2v) is 5.91. The summed E-state index contributed by atoms with van der Waals surface area (Å²) in [6, 6.07) is 22.8. The van der Waals surface area contributed by atoms with Crippen molar-refractivity contribution in [1.82, 2.24) is 10.2 Å². The molecule has 124 valence electrons. The van der Waals surface area contributed by atoms with E-state index in [0.29, 0.717) is 6.54 Å². The topological polar surface area (TPSA) is 49.9 Å². The van der Waals surface area contributed by atoms with Crippen LogP contribution in [-0.2, 0) is 6.54 Å². The van der Waals surface area contributed by atoms with Gasteiger partial charge < -0.3 is 10.1 Å². The molecule has 4 heteroatoms. The Labute approximate surface area is 146 Å². The first-order chi connectivity index (χ1) is 12.3. The molecule has 1 aromatic heterocycles. The van der Waals surface area contributed by atoms with Crippen molar-refractivity contribution in [3.63, 3.8) is 0 Å². The molecule has 0 aliphatic heterocycles. The molecule has 2 N–H and O–H groups in total. The SMILES string of the molecule is COc1ccc(-c2[nH]ncc2CNc2ccc3ccccc3c2)cc1. The summed E-state index contributed by atoms with van der Waals surface area (Å²) in [5.41, 5.74) is 4.34. The number of nitrogens with zero attached hydrogens (tertiary/aromatic N) is 1. The fourth-order valence-electron chi connectivity index (χ4n) is 2.95. The average Bonchev–Trinajstić information content (AvgIpc) is 3.15. The van der Waals surface area contributed by atoms with E-state index < -0.39 is 0 Å². The fourth-order valence-corrected chi connectivity index (χ4v) is 2.95. The summed E-state index contributed by atoms with van der Waals surface area (Å²) in [4.78, 5) is 0. The normalized spacial score (nSPS) is 10.8. The van der Waals surface area contributed by atoms with Gasteiger partial charge in [0, 0.05) is 23.4 Å². The Hall–Kier alpha value is -3.27. The number of aromatic nitrogens is 2. The van der Waals surface area contributed by atoms with Gasteiger partial charge in [0.25, 0.3) is 0 Å². The highest BCUT2D eigenvalue weighted by molar-refractivity contribution is 5.85. The van der Waals surface area contributed by atoms with Crippen molar-refractivity contribution in [2.75, 3.05) is 12.4 Å². The first-order valence-electron chi connectivity index (χ1n) is 8.23. The van der Waals surface area contributed by atoms with Crippen molar-refractivity contribution in [1.29, 1.82) is 0 Å². The molecule has 0 fully saturated rings. The molecule has 0 spiro atoms. The number of anilines is 1. The standard InChI is InChI=1S/C21H19N3O/c1-25-20-10-7-16(8-11-20)21-18(14-23-24-21)13-22-19-9-6-15-4-2-3-5-17(15)12-19/h2-12,14,22H,13H2,1H3,(H,23,24). The zero-order valence-electron chi connectivity index (χ0n) is 14.0. The Balaban J connectivity index is 1.53. The van der Waals surface area contributed by atoms with Crippen molar-refractivity contribution in [2.24, 2.45) is 0 Å². The van der Waals surface area contributed by atoms with Crippen LogP contribution in [0.2, 0.25) is 0 Å². The number of nitrogens with one attached hydrogen (secondary N) is 2. The lowest BCUT2D eigenvalue weighted by atomic mass is 10.1. The van der Waals surface area contributed by atoms with Crippen LogP contribution in [0.3, 0.4) is 0 Å². The van der Waals surface area contributed by atoms with Crippen molar-refractivity contribution < 1.29 is 4.74 Å². The van der Waals surface area contributed by atoms with Gasteiger partial charge in [0.15, 0.2) is 0 Å². The summed E-state index contributed by atoms with van der Waals surface area (Å²) in [7, 11) is 1.67. The number of methoxy groups -OCH3 is 1. The third-order valence-electron chi connectivity index (χ3n) is 4.33. The quantitative estimate of drug-likeness (QED) is 0.550. The molecule has 3 aromatic carbocycles. The van der Waals surface area contributed by atoms with Crippen LogP contribution in [-0.4, -0.2) is 17.3 Å². The summed E-state index contributed by atoms with van der Waals surface area (Å²) in [6.07, 6.45) is 1.87. The summed E-state index contributed by atoms with van der Waals surface area (Å²) >= 11 is 0. The maximum absolute atomic E-state index is 5.22. The number of ether oxygens (including phenoxy) is 1. The molecule has 25 heavy (non-hydrogen) atoms. The Kier molecular flexibility index (Phi) is 4.09. The molecule has 0 amide bonds. The van der Waals surface area contributed by atoms with E-state index in [9.17, 15) is 0 Å². The lowest BCUT2D eigenvalue weighted by molar-refractivity contribution is 0.415. The molecule has 0 aliphatic rings. The average molecular weight is 329 g/mol. The van der Waals surface area contributed by atoms with Crippen molar-refractivity contribution in [3.05, 3.63) is 78.5 Å². The number of aromatic amines is 1. The van der Waals surface area contributed by atoms with Gasteiger partial charge in [0.05, 0.1) is 19.0 Å². The lowest BCUT2D eigenvalue weighted by Gasteiger charge is -2.09. The van der Waals surface area contributed by atoms with E-state index in [1.54, 1.807) is 7.11 Å². The molecule has 0 atom stereocenters. The Bertz CT molecular complexity index is 989. The summed E-state index contributed by atoms with van der Waals surface area (Å²) < 4.78 is 5.22. The van der Waals surface area contributed by atoms with Gasteiger partial charge >= 0.3 is 0 Å². The first kappa shape index (κ1) is 15.3. The van der Waals surface area contributed by atoms with E-state index in [0.717, 1.165) is 28.3 Å². The molecule has 0 unspecified atom stereocenters. The van der Waals surface area contributed by atoms with Crippen molar-refractivity contribution >= 4 is 16.5 Å². The van der Waals surface area contributed by atoms with Crippen LogP contribution in [0.25, 0.3) is 22.0 Å². The second kappa shape index (κ2) is 6.69. The van der Waals surface area contributed by atoms with Crippen molar-refractivity contribution in [3.8, 4) is 17.0 Å². The van der Waals surface area contributed by atoms with Gasteiger partial charge in [-0.1, -0.05) is 30.3 Å². The number of hydrogen-bond acceptors (Lipinski definition) is 3. The maximum Gasteiger partial charge on any atom is 0.118 e. The molecule has 0 saturated carbocycles. The van der Waals surface area contributed by atoms with Crippen LogP contribution in [0.15, 0.2) is 72.9 Å². The molecule has 1 heterocycles. The molecule has 4 aromatic rings. The second-order valence-electron chi connectivity index (χ2n) is 5.91. The van der Waals surface area contributed by atoms with Gasteiger partial charge in [0.1, 0.15) is 5.75 Å². The van der Waals surface area contributed by atoms with Crippen LogP contribution in [0.1, 0.15) is 5.56 Å². The largest absolute Gasteiger partial charge is 0.497 e. The van der Waals surface area contributed by atoms with Crippen LogP contribution in [0.4, 0.5) is 5.69 Å². The van der Waals surface area contributed by atoms with E-state index in [-0.39, 0.29) is 0 Å². The molecule has 0 radical (unpaired) electrons. The van der Waals surface area contributed by atoms with Gasteiger partial charge in [-0.3, -0.25) is 5.10 Å². The molecular formula is C21H19N3O. The minimum atomic E-state index is 0.705. The van der Waals surface area contributed by atoms with E-state index in [1.165, 1.54) is 10.8 Å². The number of fused-ring (bicyclic) bond motifs is 1. The van der Waals surface area contributed by atoms with E-state index in [4.69, 9.17) is 4.74 Å². The summed E-state index contributed by atoms with van der Waals surface area (Å²) in [5, 5.41) is 13.3. The minimum absolute atomic E-state index is 0.705. The highest BCUT2D eigenvalue weighted by atomic mass is 16.5. The van der Waals surface area contributed by atoms with E-state index >= 15 is 0 Å². The first-order valence-corrected chi connectivity index (χ1v) is 8.23. The molecular weight excluding hydrogens is 310 g/mol. The minimum Gasteiger partial charge on any atom is -0.497 e. The van der Waals surface area contributed by atoms with Crippen LogP contribution >= 0.6 is 0 Å². The smallest absolute Gasteiger partial charge is 0.118 e. The maximum atomic E-state index is 5.22. The Morgan fingerprint density at radius 2 is 1.76 bits per heavy atom. The number of rotatable bonds is 5. The Morgan fingerprint density at radius 3 is 2.56 bits per heavy atom. The molecule has 0 aliphatic carbocycles. The summed E-state index contributed by atoms with van der Waals surface area (Å²) in [6.45, 7) is 0.705. The molecule has 0 saturated heterocycles. The van der Waals surface area contributed by atoms with Gasteiger partial charge in [-0.25, -0.2) is 0 Å². The van der Waals surface area contributed by atoms with E-state index in [2.05, 4.69) is 58.0 Å². The number of hydrogen-bond donors (Lipinski definition) is 2. The van der Waals surface area contributed by atoms with Gasteiger partial charge in [-0.05, 0) is 47.2 Å². The lowest BCUT2D eigenvalue weighted by Crippen LogP contribution is -2.00. The summed E-state index contributed by atoms with van der Waals surface area (Å²) in [5.74, 6) is 0.846. The predicted octanol–water partition coefficient (Wildman–Crippen LogP) is 4.85. The fraction of sp³-hybridized carbons (Fsp3) is 0.0952.